The number of imide groups is 1. The van der Waals surface area contributed by atoms with Crippen LogP contribution >= 0.6 is 11.8 Å². The Hall–Kier alpha value is -2.27. The van der Waals surface area contributed by atoms with Gasteiger partial charge in [0.1, 0.15) is 11.9 Å². The van der Waals surface area contributed by atoms with E-state index in [9.17, 15) is 9.59 Å². The fraction of sp³-hybridized carbons (Fsp3) is 0.300. The molecule has 1 saturated heterocycles. The van der Waals surface area contributed by atoms with Gasteiger partial charge in [-0.1, -0.05) is 54.2 Å². The highest BCUT2D eigenvalue weighted by atomic mass is 32.2. The Morgan fingerprint density at radius 2 is 1.92 bits per heavy atom. The van der Waals surface area contributed by atoms with Crippen LogP contribution in [0.1, 0.15) is 23.1 Å². The van der Waals surface area contributed by atoms with Crippen LogP contribution in [0.15, 0.2) is 48.5 Å². The number of hydrogen-bond donors (Lipinski definition) is 0. The number of ether oxygens (including phenoxy) is 1. The van der Waals surface area contributed by atoms with Crippen LogP contribution in [0.3, 0.4) is 0 Å². The predicted octanol–water partition coefficient (Wildman–Crippen LogP) is 3.82. The normalized spacial score (nSPS) is 19.7. The minimum Gasteiger partial charge on any atom is -0.490 e. The molecule has 4 nitrogen and oxygen atoms in total. The van der Waals surface area contributed by atoms with E-state index >= 15 is 0 Å². The standard InChI is InChI=1S/C20H19NO3S/c22-19-13-25-20(23)21(19)12-15-6-9-18-16(10-15)7-8-17(24-18)11-14-4-2-1-3-5-14/h1-6,9-10,17H,7-8,11-13H2/t17-/m0/s1. The van der Waals surface area contributed by atoms with Crippen molar-refractivity contribution in [3.63, 3.8) is 0 Å². The lowest BCUT2D eigenvalue weighted by Gasteiger charge is -2.27. The fourth-order valence-electron chi connectivity index (χ4n) is 3.33. The molecular weight excluding hydrogens is 334 g/mol. The minimum atomic E-state index is -0.151. The summed E-state index contributed by atoms with van der Waals surface area (Å²) in [6.07, 6.45) is 3.04. The summed E-state index contributed by atoms with van der Waals surface area (Å²) in [7, 11) is 0. The van der Waals surface area contributed by atoms with Crippen molar-refractivity contribution in [2.24, 2.45) is 0 Å². The van der Waals surface area contributed by atoms with Crippen LogP contribution in [-0.4, -0.2) is 27.9 Å². The molecule has 0 radical (unpaired) electrons. The number of hydrogen-bond acceptors (Lipinski definition) is 4. The molecule has 2 aliphatic rings. The van der Waals surface area contributed by atoms with E-state index in [4.69, 9.17) is 4.74 Å². The van der Waals surface area contributed by atoms with Gasteiger partial charge >= 0.3 is 0 Å². The van der Waals surface area contributed by atoms with E-state index in [1.165, 1.54) is 10.5 Å². The Morgan fingerprint density at radius 3 is 2.68 bits per heavy atom. The smallest absolute Gasteiger partial charge is 0.289 e. The first kappa shape index (κ1) is 16.2. The number of thioether (sulfide) groups is 1. The first-order valence-electron chi connectivity index (χ1n) is 8.48. The number of carbonyl (C=O) groups excluding carboxylic acids is 2. The van der Waals surface area contributed by atoms with E-state index in [1.54, 1.807) is 0 Å². The molecule has 1 atom stereocenters. The van der Waals surface area contributed by atoms with E-state index in [0.29, 0.717) is 6.54 Å². The van der Waals surface area contributed by atoms with Crippen molar-refractivity contribution in [1.29, 1.82) is 0 Å². The van der Waals surface area contributed by atoms with Crippen molar-refractivity contribution in [3.8, 4) is 5.75 Å². The lowest BCUT2D eigenvalue weighted by molar-refractivity contribution is -0.125. The summed E-state index contributed by atoms with van der Waals surface area (Å²) in [5, 5.41) is -0.151. The number of carbonyl (C=O) groups is 2. The summed E-state index contributed by atoms with van der Waals surface area (Å²) in [5.41, 5.74) is 3.43. The highest BCUT2D eigenvalue weighted by Gasteiger charge is 2.30. The molecular formula is C20H19NO3S. The quantitative estimate of drug-likeness (QED) is 0.838. The lowest BCUT2D eigenvalue weighted by atomic mass is 9.96. The number of aryl methyl sites for hydroxylation is 1. The molecule has 4 rings (SSSR count). The third-order valence-corrected chi connectivity index (χ3v) is 5.50. The van der Waals surface area contributed by atoms with Crippen LogP contribution in [0.2, 0.25) is 0 Å². The van der Waals surface area contributed by atoms with Crippen molar-refractivity contribution >= 4 is 22.9 Å². The van der Waals surface area contributed by atoms with Gasteiger partial charge in [0.2, 0.25) is 5.91 Å². The second kappa shape index (κ2) is 6.92. The highest BCUT2D eigenvalue weighted by Crippen LogP contribution is 2.31. The Kier molecular flexibility index (Phi) is 4.49. The van der Waals surface area contributed by atoms with Crippen LogP contribution in [-0.2, 0) is 24.2 Å². The van der Waals surface area contributed by atoms with Gasteiger partial charge in [0.25, 0.3) is 5.24 Å². The third kappa shape index (κ3) is 3.56. The van der Waals surface area contributed by atoms with Gasteiger partial charge < -0.3 is 4.74 Å². The van der Waals surface area contributed by atoms with Crippen LogP contribution in [0.4, 0.5) is 4.79 Å². The zero-order valence-corrected chi connectivity index (χ0v) is 14.6. The van der Waals surface area contributed by atoms with Crippen molar-refractivity contribution in [3.05, 3.63) is 65.2 Å². The average Bonchev–Trinajstić information content (AvgIpc) is 2.95. The molecule has 0 unspecified atom stereocenters. The molecule has 0 aliphatic carbocycles. The van der Waals surface area contributed by atoms with Crippen molar-refractivity contribution in [2.45, 2.75) is 31.9 Å². The average molecular weight is 353 g/mol. The molecule has 0 bridgehead atoms. The SMILES string of the molecule is O=C1CSC(=O)N1Cc1ccc2c(c1)CC[C@@H](Cc1ccccc1)O2. The van der Waals surface area contributed by atoms with Gasteiger partial charge in [-0.15, -0.1) is 0 Å². The van der Waals surface area contributed by atoms with Crippen molar-refractivity contribution in [2.75, 3.05) is 5.75 Å². The van der Waals surface area contributed by atoms with Crippen LogP contribution in [0, 0.1) is 0 Å². The van der Waals surface area contributed by atoms with Gasteiger partial charge in [0, 0.05) is 6.42 Å². The van der Waals surface area contributed by atoms with E-state index < -0.39 is 0 Å². The summed E-state index contributed by atoms with van der Waals surface area (Å²) in [6.45, 7) is 0.353. The molecule has 0 spiro atoms. The number of amides is 2. The Balaban J connectivity index is 1.44. The molecule has 2 aromatic carbocycles. The zero-order chi connectivity index (χ0) is 17.2. The Bertz CT molecular complexity index is 790. The molecule has 0 N–H and O–H groups in total. The highest BCUT2D eigenvalue weighted by molar-refractivity contribution is 8.14. The third-order valence-electron chi connectivity index (χ3n) is 4.64. The second-order valence-electron chi connectivity index (χ2n) is 6.44. The predicted molar refractivity (Wildman–Crippen MR) is 97.7 cm³/mol. The van der Waals surface area contributed by atoms with Crippen LogP contribution < -0.4 is 4.74 Å². The molecule has 2 aromatic rings. The molecule has 2 aliphatic heterocycles. The first-order valence-corrected chi connectivity index (χ1v) is 9.47. The van der Waals surface area contributed by atoms with Gasteiger partial charge in [-0.3, -0.25) is 14.5 Å². The molecule has 2 heterocycles. The van der Waals surface area contributed by atoms with Gasteiger partial charge in [0.05, 0.1) is 12.3 Å². The van der Waals surface area contributed by atoms with Crippen LogP contribution in [0.25, 0.3) is 0 Å². The summed E-state index contributed by atoms with van der Waals surface area (Å²) < 4.78 is 6.15. The number of nitrogens with zero attached hydrogens (tertiary/aromatic N) is 1. The largest absolute Gasteiger partial charge is 0.490 e. The van der Waals surface area contributed by atoms with E-state index in [2.05, 4.69) is 30.3 Å². The van der Waals surface area contributed by atoms with Gasteiger partial charge in [-0.2, -0.15) is 0 Å². The fourth-order valence-corrected chi connectivity index (χ4v) is 4.06. The van der Waals surface area contributed by atoms with Gasteiger partial charge in [-0.05, 0) is 35.6 Å². The number of fused-ring (bicyclic) bond motifs is 1. The lowest BCUT2D eigenvalue weighted by Crippen LogP contribution is -2.28. The number of rotatable bonds is 4. The summed E-state index contributed by atoms with van der Waals surface area (Å²) in [5.74, 6) is 1.07. The molecule has 1 fully saturated rings. The second-order valence-corrected chi connectivity index (χ2v) is 7.37. The maximum absolute atomic E-state index is 11.8. The Morgan fingerprint density at radius 1 is 1.08 bits per heavy atom. The van der Waals surface area contributed by atoms with Gasteiger partial charge in [-0.25, -0.2) is 0 Å². The molecule has 2 amide bonds. The minimum absolute atomic E-state index is 0.105. The molecule has 0 aromatic heterocycles. The molecule has 5 heteroatoms. The van der Waals surface area contributed by atoms with Crippen molar-refractivity contribution in [1.82, 2.24) is 4.90 Å². The maximum atomic E-state index is 11.8. The number of benzene rings is 2. The monoisotopic (exact) mass is 353 g/mol. The molecule has 25 heavy (non-hydrogen) atoms. The molecule has 0 saturated carbocycles. The molecule has 128 valence electrons. The summed E-state index contributed by atoms with van der Waals surface area (Å²) in [6, 6.07) is 16.4. The van der Waals surface area contributed by atoms with E-state index in [-0.39, 0.29) is 23.0 Å². The first-order chi connectivity index (χ1) is 12.2. The van der Waals surface area contributed by atoms with Crippen LogP contribution in [0.5, 0.6) is 5.75 Å². The maximum Gasteiger partial charge on any atom is 0.289 e. The summed E-state index contributed by atoms with van der Waals surface area (Å²) in [4.78, 5) is 24.8. The summed E-state index contributed by atoms with van der Waals surface area (Å²) >= 11 is 1.08. The Labute approximate surface area is 151 Å². The van der Waals surface area contributed by atoms with E-state index in [0.717, 1.165) is 47.9 Å². The van der Waals surface area contributed by atoms with Gasteiger partial charge in [0.15, 0.2) is 0 Å². The van der Waals surface area contributed by atoms with E-state index in [1.807, 2.05) is 18.2 Å². The van der Waals surface area contributed by atoms with Crippen molar-refractivity contribution < 1.29 is 14.3 Å². The zero-order valence-electron chi connectivity index (χ0n) is 13.8. The topological polar surface area (TPSA) is 46.6 Å².